The van der Waals surface area contributed by atoms with E-state index in [4.69, 9.17) is 14.2 Å². The standard InChI is InChI=1S/C14H26NO5P/c1-3-19-21(18,20-4-2)12-6-8-13-7-5-10-15(11-9-13)14(16)17/h6,12-13H,3-5,7-11H2,1-2H3,(H,16,17)/b12-6+. The summed E-state index contributed by atoms with van der Waals surface area (Å²) < 4.78 is 22.6. The van der Waals surface area contributed by atoms with Gasteiger partial charge in [0.1, 0.15) is 0 Å². The molecule has 1 saturated heterocycles. The van der Waals surface area contributed by atoms with Crippen molar-refractivity contribution in [2.45, 2.75) is 39.5 Å². The molecule has 0 aromatic rings. The zero-order valence-corrected chi connectivity index (χ0v) is 13.8. The first-order valence-corrected chi connectivity index (χ1v) is 9.16. The molecule has 0 bridgehead atoms. The fourth-order valence-corrected chi connectivity index (χ4v) is 3.80. The molecule has 1 heterocycles. The van der Waals surface area contributed by atoms with E-state index in [0.717, 1.165) is 25.7 Å². The van der Waals surface area contributed by atoms with Gasteiger partial charge >= 0.3 is 13.7 Å². The van der Waals surface area contributed by atoms with Crippen LogP contribution in [0.25, 0.3) is 0 Å². The number of likely N-dealkylation sites (tertiary alicyclic amines) is 1. The summed E-state index contributed by atoms with van der Waals surface area (Å²) in [6.07, 6.45) is 4.49. The van der Waals surface area contributed by atoms with Gasteiger partial charge in [-0.3, -0.25) is 4.57 Å². The highest BCUT2D eigenvalue weighted by molar-refractivity contribution is 7.57. The smallest absolute Gasteiger partial charge is 0.407 e. The molecule has 1 atom stereocenters. The number of carboxylic acid groups (broad SMARTS) is 1. The SMILES string of the molecule is CCOP(=O)(/C=C/CC1CCCN(C(=O)O)CC1)OCC. The lowest BCUT2D eigenvalue weighted by Crippen LogP contribution is -2.30. The lowest BCUT2D eigenvalue weighted by atomic mass is 9.97. The topological polar surface area (TPSA) is 76.1 Å². The molecule has 1 rings (SSSR count). The van der Waals surface area contributed by atoms with Gasteiger partial charge < -0.3 is 19.1 Å². The molecule has 0 aromatic carbocycles. The molecular weight excluding hydrogens is 293 g/mol. The minimum Gasteiger partial charge on any atom is -0.465 e. The lowest BCUT2D eigenvalue weighted by molar-refractivity contribution is 0.146. The van der Waals surface area contributed by atoms with Gasteiger partial charge in [-0.15, -0.1) is 0 Å². The van der Waals surface area contributed by atoms with Gasteiger partial charge in [0.25, 0.3) is 0 Å². The Morgan fingerprint density at radius 1 is 1.29 bits per heavy atom. The van der Waals surface area contributed by atoms with Crippen LogP contribution < -0.4 is 0 Å². The van der Waals surface area contributed by atoms with Crippen molar-refractivity contribution >= 4 is 13.7 Å². The summed E-state index contributed by atoms with van der Waals surface area (Å²) >= 11 is 0. The first kappa shape index (κ1) is 18.2. The Hall–Kier alpha value is -0.840. The predicted octanol–water partition coefficient (Wildman–Crippen LogP) is 3.94. The minimum atomic E-state index is -3.11. The molecule has 6 nitrogen and oxygen atoms in total. The quantitative estimate of drug-likeness (QED) is 0.719. The highest BCUT2D eigenvalue weighted by atomic mass is 31.2. The third-order valence-electron chi connectivity index (χ3n) is 3.49. The molecule has 0 spiro atoms. The summed E-state index contributed by atoms with van der Waals surface area (Å²) in [7, 11) is -3.11. The van der Waals surface area contributed by atoms with Crippen molar-refractivity contribution in [1.29, 1.82) is 0 Å². The zero-order chi connectivity index (χ0) is 15.7. The Kier molecular flexibility index (Phi) is 8.01. The number of amides is 1. The van der Waals surface area contributed by atoms with Crippen molar-refractivity contribution in [3.05, 3.63) is 11.9 Å². The second-order valence-corrected chi connectivity index (χ2v) is 6.96. The summed E-state index contributed by atoms with van der Waals surface area (Å²) in [6, 6.07) is 0. The van der Waals surface area contributed by atoms with Crippen LogP contribution in [0.15, 0.2) is 11.9 Å². The summed E-state index contributed by atoms with van der Waals surface area (Å²) in [4.78, 5) is 12.4. The van der Waals surface area contributed by atoms with Crippen molar-refractivity contribution in [2.24, 2.45) is 5.92 Å². The summed E-state index contributed by atoms with van der Waals surface area (Å²) in [5.74, 6) is 1.96. The Bertz CT molecular complexity index is 389. The summed E-state index contributed by atoms with van der Waals surface area (Å²) in [5, 5.41) is 8.99. The maximum Gasteiger partial charge on any atom is 0.407 e. The highest BCUT2D eigenvalue weighted by Gasteiger charge is 2.21. The molecule has 1 amide bonds. The number of allylic oxidation sites excluding steroid dienone is 1. The molecule has 0 aliphatic carbocycles. The third kappa shape index (κ3) is 6.64. The third-order valence-corrected chi connectivity index (χ3v) is 5.31. The fraction of sp³-hybridized carbons (Fsp3) is 0.786. The van der Waals surface area contributed by atoms with Crippen LogP contribution in [-0.2, 0) is 13.6 Å². The van der Waals surface area contributed by atoms with E-state index in [-0.39, 0.29) is 0 Å². The maximum absolute atomic E-state index is 12.2. The van der Waals surface area contributed by atoms with E-state index in [1.807, 2.05) is 6.08 Å². The zero-order valence-electron chi connectivity index (χ0n) is 12.9. The van der Waals surface area contributed by atoms with Gasteiger partial charge in [0.15, 0.2) is 0 Å². The summed E-state index contributed by atoms with van der Waals surface area (Å²) in [6.45, 7) is 5.43. The second-order valence-electron chi connectivity index (χ2n) is 5.06. The van der Waals surface area contributed by atoms with E-state index in [1.54, 1.807) is 19.7 Å². The van der Waals surface area contributed by atoms with Crippen molar-refractivity contribution < 1.29 is 23.5 Å². The van der Waals surface area contributed by atoms with Gasteiger partial charge in [0.05, 0.1) is 13.2 Å². The molecule has 1 aliphatic heterocycles. The molecule has 122 valence electrons. The minimum absolute atomic E-state index is 0.346. The van der Waals surface area contributed by atoms with E-state index < -0.39 is 13.7 Å². The Labute approximate surface area is 126 Å². The van der Waals surface area contributed by atoms with Gasteiger partial charge in [-0.1, -0.05) is 6.08 Å². The van der Waals surface area contributed by atoms with Crippen LogP contribution in [0.1, 0.15) is 39.5 Å². The Balaban J connectivity index is 2.48. The van der Waals surface area contributed by atoms with E-state index in [0.29, 0.717) is 32.2 Å². The van der Waals surface area contributed by atoms with E-state index in [1.165, 1.54) is 4.90 Å². The Morgan fingerprint density at radius 3 is 2.52 bits per heavy atom. The van der Waals surface area contributed by atoms with E-state index in [2.05, 4.69) is 0 Å². The molecule has 1 unspecified atom stereocenters. The average molecular weight is 319 g/mol. The van der Waals surface area contributed by atoms with Gasteiger partial charge in [-0.25, -0.2) is 4.79 Å². The van der Waals surface area contributed by atoms with Gasteiger partial charge in [-0.05, 0) is 45.4 Å². The Morgan fingerprint density at radius 2 is 1.95 bits per heavy atom. The normalized spacial score (nSPS) is 20.7. The molecule has 1 fully saturated rings. The second kappa shape index (κ2) is 9.23. The average Bonchev–Trinajstić information content (AvgIpc) is 2.65. The first-order valence-electron chi connectivity index (χ1n) is 7.55. The highest BCUT2D eigenvalue weighted by Crippen LogP contribution is 2.49. The van der Waals surface area contributed by atoms with Crippen LogP contribution in [0.3, 0.4) is 0 Å². The van der Waals surface area contributed by atoms with Crippen LogP contribution in [0.2, 0.25) is 0 Å². The molecule has 0 aromatic heterocycles. The van der Waals surface area contributed by atoms with Crippen LogP contribution in [0.5, 0.6) is 0 Å². The van der Waals surface area contributed by atoms with Gasteiger partial charge in [-0.2, -0.15) is 0 Å². The van der Waals surface area contributed by atoms with E-state index in [9.17, 15) is 9.36 Å². The monoisotopic (exact) mass is 319 g/mol. The lowest BCUT2D eigenvalue weighted by Gasteiger charge is -2.16. The summed E-state index contributed by atoms with van der Waals surface area (Å²) in [5.41, 5.74) is 0. The fourth-order valence-electron chi connectivity index (χ4n) is 2.46. The number of hydrogen-bond donors (Lipinski definition) is 1. The predicted molar refractivity (Wildman–Crippen MR) is 81.6 cm³/mol. The van der Waals surface area contributed by atoms with Gasteiger partial charge in [0, 0.05) is 18.9 Å². The number of nitrogens with zero attached hydrogens (tertiary/aromatic N) is 1. The molecular formula is C14H26NO5P. The van der Waals surface area contributed by atoms with Crippen LogP contribution in [0, 0.1) is 5.92 Å². The van der Waals surface area contributed by atoms with Crippen molar-refractivity contribution in [2.75, 3.05) is 26.3 Å². The van der Waals surface area contributed by atoms with Crippen LogP contribution in [0.4, 0.5) is 4.79 Å². The van der Waals surface area contributed by atoms with Crippen molar-refractivity contribution in [3.63, 3.8) is 0 Å². The van der Waals surface area contributed by atoms with Gasteiger partial charge in [0.2, 0.25) is 0 Å². The largest absolute Gasteiger partial charge is 0.465 e. The first-order chi connectivity index (χ1) is 10.0. The van der Waals surface area contributed by atoms with E-state index >= 15 is 0 Å². The van der Waals surface area contributed by atoms with Crippen molar-refractivity contribution in [1.82, 2.24) is 4.90 Å². The maximum atomic E-state index is 12.2. The molecule has 21 heavy (non-hydrogen) atoms. The van der Waals surface area contributed by atoms with Crippen LogP contribution in [-0.4, -0.2) is 42.4 Å². The molecule has 0 saturated carbocycles. The number of hydrogen-bond acceptors (Lipinski definition) is 4. The number of rotatable bonds is 7. The molecule has 7 heteroatoms. The number of carbonyl (C=O) groups is 1. The molecule has 0 radical (unpaired) electrons. The van der Waals surface area contributed by atoms with Crippen LogP contribution >= 0.6 is 7.60 Å². The van der Waals surface area contributed by atoms with Crippen molar-refractivity contribution in [3.8, 4) is 0 Å². The molecule has 1 N–H and O–H groups in total. The molecule has 1 aliphatic rings.